The fraction of sp³-hybridized carbons (Fsp3) is 0.222. The Morgan fingerprint density at radius 3 is 2.89 bits per heavy atom. The van der Waals surface area contributed by atoms with Gasteiger partial charge in [-0.25, -0.2) is 14.8 Å². The molecule has 8 nitrogen and oxygen atoms in total. The Balaban J connectivity index is 1.59. The first-order valence-corrected chi connectivity index (χ1v) is 9.56. The van der Waals surface area contributed by atoms with Crippen LogP contribution in [0.3, 0.4) is 0 Å². The van der Waals surface area contributed by atoms with Crippen LogP contribution in [0.5, 0.6) is 17.5 Å². The third kappa shape index (κ3) is 3.95. The number of halogens is 2. The lowest BCUT2D eigenvalue weighted by Crippen LogP contribution is -2.29. The Morgan fingerprint density at radius 2 is 2.14 bits per heavy atom. The Morgan fingerprint density at radius 1 is 1.29 bits per heavy atom. The molecule has 1 fully saturated rings. The predicted octanol–water partition coefficient (Wildman–Crippen LogP) is 4.36. The highest BCUT2D eigenvalue weighted by Gasteiger charge is 2.27. The van der Waals surface area contributed by atoms with Gasteiger partial charge in [0.2, 0.25) is 11.8 Å². The molecule has 1 atom stereocenters. The number of aromatic nitrogens is 3. The van der Waals surface area contributed by atoms with Gasteiger partial charge in [-0.15, -0.1) is 0 Å². The number of fused-ring (bicyclic) bond motifs is 1. The first kappa shape index (κ1) is 18.7. The molecule has 0 aliphatic carbocycles. The summed E-state index contributed by atoms with van der Waals surface area (Å²) in [5.41, 5.74) is 1.04. The van der Waals surface area contributed by atoms with Gasteiger partial charge in [0, 0.05) is 23.5 Å². The number of amides is 1. The highest BCUT2D eigenvalue weighted by atomic mass is 79.9. The van der Waals surface area contributed by atoms with Crippen molar-refractivity contribution in [3.63, 3.8) is 0 Å². The number of hydrogen-bond donors (Lipinski definition) is 1. The van der Waals surface area contributed by atoms with Gasteiger partial charge in [0.15, 0.2) is 5.52 Å². The van der Waals surface area contributed by atoms with Crippen LogP contribution < -0.4 is 9.47 Å². The molecule has 1 N–H and O–H groups in total. The summed E-state index contributed by atoms with van der Waals surface area (Å²) in [5, 5.41) is 9.63. The molecular weight excluding hydrogens is 452 g/mol. The highest BCUT2D eigenvalue weighted by Crippen LogP contribution is 2.31. The lowest BCUT2D eigenvalue weighted by molar-refractivity contribution is 0.144. The number of ether oxygens (including phenoxy) is 2. The van der Waals surface area contributed by atoms with Gasteiger partial charge in [-0.2, -0.15) is 4.98 Å². The number of carbonyl (C=O) groups is 1. The van der Waals surface area contributed by atoms with Crippen molar-refractivity contribution in [2.24, 2.45) is 0 Å². The van der Waals surface area contributed by atoms with E-state index in [1.165, 1.54) is 11.2 Å². The van der Waals surface area contributed by atoms with Gasteiger partial charge in [0.1, 0.15) is 18.2 Å². The van der Waals surface area contributed by atoms with Crippen LogP contribution in [0.2, 0.25) is 5.02 Å². The Labute approximate surface area is 173 Å². The van der Waals surface area contributed by atoms with Crippen molar-refractivity contribution >= 4 is 44.7 Å². The van der Waals surface area contributed by atoms with E-state index < -0.39 is 6.09 Å². The van der Waals surface area contributed by atoms with E-state index in [0.717, 1.165) is 0 Å². The fourth-order valence-electron chi connectivity index (χ4n) is 2.86. The van der Waals surface area contributed by atoms with Crippen molar-refractivity contribution in [2.45, 2.75) is 12.5 Å². The van der Waals surface area contributed by atoms with Gasteiger partial charge >= 0.3 is 6.09 Å². The van der Waals surface area contributed by atoms with E-state index >= 15 is 0 Å². The van der Waals surface area contributed by atoms with Gasteiger partial charge in [0.05, 0.1) is 17.1 Å². The van der Waals surface area contributed by atoms with Crippen LogP contribution in [-0.2, 0) is 0 Å². The summed E-state index contributed by atoms with van der Waals surface area (Å²) in [6.45, 7) is 0.749. The molecular formula is C18H14BrClN4O4. The zero-order valence-electron chi connectivity index (χ0n) is 14.4. The van der Waals surface area contributed by atoms with Crippen LogP contribution in [0.15, 0.2) is 41.1 Å². The molecule has 1 aromatic carbocycles. The molecule has 28 heavy (non-hydrogen) atoms. The van der Waals surface area contributed by atoms with E-state index in [1.807, 2.05) is 0 Å². The average Bonchev–Trinajstić information content (AvgIpc) is 3.14. The summed E-state index contributed by atoms with van der Waals surface area (Å²) in [6, 6.07) is 8.62. The lowest BCUT2D eigenvalue weighted by atomic mass is 10.3. The van der Waals surface area contributed by atoms with Gasteiger partial charge in [0.25, 0.3) is 0 Å². The van der Waals surface area contributed by atoms with E-state index in [-0.39, 0.29) is 12.0 Å². The number of rotatable bonds is 4. The average molecular weight is 466 g/mol. The first-order valence-electron chi connectivity index (χ1n) is 8.39. The van der Waals surface area contributed by atoms with E-state index in [1.54, 1.807) is 30.3 Å². The number of carboxylic acid groups (broad SMARTS) is 1. The molecule has 3 aromatic rings. The Hall–Kier alpha value is -2.65. The van der Waals surface area contributed by atoms with Crippen LogP contribution in [0.4, 0.5) is 4.79 Å². The maximum Gasteiger partial charge on any atom is 0.407 e. The first-order chi connectivity index (χ1) is 13.5. The van der Waals surface area contributed by atoms with Crippen molar-refractivity contribution in [3.05, 3.63) is 46.2 Å². The topological polar surface area (TPSA) is 97.7 Å². The Bertz CT molecular complexity index is 1050. The maximum absolute atomic E-state index is 11.0. The van der Waals surface area contributed by atoms with Gasteiger partial charge in [-0.3, -0.25) is 0 Å². The Kier molecular flexibility index (Phi) is 5.19. The van der Waals surface area contributed by atoms with Crippen LogP contribution in [0.25, 0.3) is 11.0 Å². The number of likely N-dealkylation sites (tertiary alicyclic amines) is 1. The molecule has 2 aromatic heterocycles. The summed E-state index contributed by atoms with van der Waals surface area (Å²) < 4.78 is 12.4. The van der Waals surface area contributed by atoms with E-state index in [4.69, 9.17) is 26.2 Å². The van der Waals surface area contributed by atoms with Crippen LogP contribution >= 0.6 is 27.5 Å². The fourth-order valence-corrected chi connectivity index (χ4v) is 3.34. The van der Waals surface area contributed by atoms with Crippen LogP contribution in [-0.4, -0.2) is 50.2 Å². The molecule has 0 unspecified atom stereocenters. The smallest absolute Gasteiger partial charge is 0.407 e. The van der Waals surface area contributed by atoms with E-state index in [9.17, 15) is 4.79 Å². The van der Waals surface area contributed by atoms with E-state index in [0.29, 0.717) is 51.7 Å². The maximum atomic E-state index is 11.0. The summed E-state index contributed by atoms with van der Waals surface area (Å²) >= 11 is 9.37. The quantitative estimate of drug-likeness (QED) is 0.611. The molecule has 0 radical (unpaired) electrons. The van der Waals surface area contributed by atoms with E-state index in [2.05, 4.69) is 30.9 Å². The largest absolute Gasteiger partial charge is 0.472 e. The predicted molar refractivity (Wildman–Crippen MR) is 105 cm³/mol. The number of benzene rings is 1. The highest BCUT2D eigenvalue weighted by molar-refractivity contribution is 9.10. The van der Waals surface area contributed by atoms with Gasteiger partial charge < -0.3 is 19.5 Å². The standard InChI is InChI=1S/C18H14BrClN4O4/c19-12-7-10(1-2-13(12)20)28-17-16-14(21-9-22-17)3-4-15(23-16)27-11-5-6-24(8-11)18(25)26/h1-4,7,9,11H,5-6,8H2,(H,25,26)/t11-/m0/s1. The van der Waals surface area contributed by atoms with Gasteiger partial charge in [-0.05, 0) is 40.2 Å². The normalized spacial score (nSPS) is 16.4. The third-order valence-electron chi connectivity index (χ3n) is 4.23. The lowest BCUT2D eigenvalue weighted by Gasteiger charge is -2.14. The second kappa shape index (κ2) is 7.76. The summed E-state index contributed by atoms with van der Waals surface area (Å²) in [4.78, 5) is 25.2. The summed E-state index contributed by atoms with van der Waals surface area (Å²) in [7, 11) is 0. The second-order valence-corrected chi connectivity index (χ2v) is 7.39. The number of nitrogens with zero attached hydrogens (tertiary/aromatic N) is 4. The number of pyridine rings is 1. The molecule has 3 heterocycles. The van der Waals surface area contributed by atoms with Crippen LogP contribution in [0, 0.1) is 0 Å². The molecule has 10 heteroatoms. The molecule has 1 saturated heterocycles. The monoisotopic (exact) mass is 464 g/mol. The third-order valence-corrected chi connectivity index (χ3v) is 5.45. The molecule has 4 rings (SSSR count). The molecule has 0 spiro atoms. The molecule has 0 saturated carbocycles. The molecule has 0 bridgehead atoms. The minimum Gasteiger partial charge on any atom is -0.472 e. The van der Waals surface area contributed by atoms with Crippen molar-refractivity contribution in [3.8, 4) is 17.5 Å². The molecule has 1 aliphatic heterocycles. The summed E-state index contributed by atoms with van der Waals surface area (Å²) in [5.74, 6) is 1.18. The van der Waals surface area contributed by atoms with Gasteiger partial charge in [-0.1, -0.05) is 11.6 Å². The molecule has 144 valence electrons. The summed E-state index contributed by atoms with van der Waals surface area (Å²) in [6.07, 6.45) is 0.810. The van der Waals surface area contributed by atoms with Crippen molar-refractivity contribution < 1.29 is 19.4 Å². The number of hydrogen-bond acceptors (Lipinski definition) is 6. The molecule has 1 aliphatic rings. The van der Waals surface area contributed by atoms with Crippen molar-refractivity contribution in [2.75, 3.05) is 13.1 Å². The van der Waals surface area contributed by atoms with Crippen molar-refractivity contribution in [1.29, 1.82) is 0 Å². The molecule has 1 amide bonds. The van der Waals surface area contributed by atoms with Crippen LogP contribution in [0.1, 0.15) is 6.42 Å². The minimum absolute atomic E-state index is 0.248. The SMILES string of the molecule is O=C(O)N1CC[C@H](Oc2ccc3ncnc(Oc4ccc(Cl)c(Br)c4)c3n2)C1. The zero-order valence-corrected chi connectivity index (χ0v) is 16.7. The second-order valence-electron chi connectivity index (χ2n) is 6.13. The zero-order chi connectivity index (χ0) is 19.7. The van der Waals surface area contributed by atoms with Crippen molar-refractivity contribution in [1.82, 2.24) is 19.9 Å². The minimum atomic E-state index is -0.948.